The number of aliphatic carboxylic acids is 1. The first-order valence-electron chi connectivity index (χ1n) is 16.9. The number of allylic oxidation sites excluding steroid dienone is 1. The molecule has 256 valence electrons. The Hall–Kier alpha value is -4.06. The summed E-state index contributed by atoms with van der Waals surface area (Å²) in [5.74, 6) is -4.16. The Morgan fingerprint density at radius 1 is 1.12 bits per heavy atom. The van der Waals surface area contributed by atoms with Crippen molar-refractivity contribution in [1.82, 2.24) is 20.1 Å². The van der Waals surface area contributed by atoms with Crippen LogP contribution in [0, 0.1) is 23.7 Å². The number of carbonyl (C=O) groups is 5. The number of carbonyl (C=O) groups excluding carboxylic acids is 4. The van der Waals surface area contributed by atoms with Gasteiger partial charge in [0, 0.05) is 66.0 Å². The maximum absolute atomic E-state index is 14.4. The highest BCUT2D eigenvalue weighted by molar-refractivity contribution is 7.13. The minimum atomic E-state index is -1.43. The van der Waals surface area contributed by atoms with E-state index in [1.165, 1.54) is 11.3 Å². The zero-order valence-electron chi connectivity index (χ0n) is 27.7. The highest BCUT2D eigenvalue weighted by atomic mass is 32.1. The number of benzene rings is 1. The number of rotatable bonds is 5. The summed E-state index contributed by atoms with van der Waals surface area (Å²) in [6.07, 6.45) is 9.45. The molecule has 3 amide bonds. The van der Waals surface area contributed by atoms with Crippen molar-refractivity contribution < 1.29 is 33.8 Å². The Morgan fingerprint density at radius 2 is 1.94 bits per heavy atom. The van der Waals surface area contributed by atoms with Crippen LogP contribution >= 0.6 is 11.3 Å². The quantitative estimate of drug-likeness (QED) is 0.347. The summed E-state index contributed by atoms with van der Waals surface area (Å²) in [5.41, 5.74) is -0.782. The molecular formula is C36H44N4O7S. The number of likely N-dealkylation sites (tertiary alicyclic amines) is 1. The molecule has 0 radical (unpaired) electrons. The normalized spacial score (nSPS) is 29.9. The number of hydrogen-bond donors (Lipinski definition) is 2. The van der Waals surface area contributed by atoms with E-state index < -0.39 is 46.9 Å². The molecule has 2 aromatic rings. The Balaban J connectivity index is 1.27. The van der Waals surface area contributed by atoms with Crippen LogP contribution in [0.25, 0.3) is 10.6 Å². The van der Waals surface area contributed by atoms with Crippen molar-refractivity contribution in [3.05, 3.63) is 53.6 Å². The number of ether oxygens (including phenoxy) is 1. The number of esters is 1. The molecule has 0 bridgehead atoms. The zero-order valence-corrected chi connectivity index (χ0v) is 28.5. The summed E-state index contributed by atoms with van der Waals surface area (Å²) in [6, 6.07) is 6.34. The maximum Gasteiger partial charge on any atom is 0.330 e. The largest absolute Gasteiger partial charge is 0.479 e. The SMILES string of the molecule is CC(C)(C)OC(=O)C[C@@H]1CCCCC/C=C\[C@@H]2C[C@@]2(C(=O)O)NC(=O)[C@@H]2[C@H]3CN(C(=O)c4cccc(-c5nccs5)c4)C[C@H]3CN2C1=O. The lowest BCUT2D eigenvalue weighted by Crippen LogP contribution is -2.56. The van der Waals surface area contributed by atoms with Gasteiger partial charge < -0.3 is 25.0 Å². The Bertz CT molecular complexity index is 1600. The zero-order chi connectivity index (χ0) is 34.2. The molecular weight excluding hydrogens is 632 g/mol. The highest BCUT2D eigenvalue weighted by Crippen LogP contribution is 2.46. The molecule has 11 nitrogen and oxygen atoms in total. The van der Waals surface area contributed by atoms with Crippen molar-refractivity contribution >= 4 is 41.0 Å². The monoisotopic (exact) mass is 676 g/mol. The van der Waals surface area contributed by atoms with Gasteiger partial charge in [-0.15, -0.1) is 11.3 Å². The van der Waals surface area contributed by atoms with Gasteiger partial charge in [-0.05, 0) is 58.6 Å². The second kappa shape index (κ2) is 13.4. The first kappa shape index (κ1) is 33.8. The lowest BCUT2D eigenvalue weighted by Gasteiger charge is -2.32. The number of carboxylic acid groups (broad SMARTS) is 1. The van der Waals surface area contributed by atoms with Gasteiger partial charge in [0.25, 0.3) is 5.91 Å². The molecule has 3 aliphatic heterocycles. The molecule has 2 N–H and O–H groups in total. The van der Waals surface area contributed by atoms with Crippen LogP contribution in [0.1, 0.15) is 76.1 Å². The van der Waals surface area contributed by atoms with E-state index >= 15 is 0 Å². The molecule has 2 saturated heterocycles. The number of nitrogens with zero attached hydrogens (tertiary/aromatic N) is 3. The van der Waals surface area contributed by atoms with Crippen LogP contribution in [-0.4, -0.2) is 86.4 Å². The number of hydrogen-bond acceptors (Lipinski definition) is 8. The fraction of sp³-hybridized carbons (Fsp3) is 0.556. The third-order valence-corrected chi connectivity index (χ3v) is 10.8. The standard InChI is InChI=1S/C36H44N4O7S/c1-35(2,3)47-28(41)17-24-10-7-5-4-6-8-13-26-18-36(26,34(45)46)38-30(42)29-27-21-39(19-25(27)20-40(29)33(24)44)32(43)23-12-9-11-22(16-23)31-37-14-15-48-31/h8-9,11-16,24-27,29H,4-7,10,17-21H2,1-3H3,(H,38,42)(H,45,46)/b13-8-/t24-,25-,26+,27-,29-,36+/m0/s1. The third-order valence-electron chi connectivity index (χ3n) is 10.0. The average Bonchev–Trinajstić information content (AvgIpc) is 3.40. The molecule has 48 heavy (non-hydrogen) atoms. The summed E-state index contributed by atoms with van der Waals surface area (Å²) in [7, 11) is 0. The van der Waals surface area contributed by atoms with Crippen molar-refractivity contribution in [2.45, 2.75) is 82.9 Å². The van der Waals surface area contributed by atoms with Gasteiger partial charge in [-0.2, -0.15) is 0 Å². The molecule has 6 atom stereocenters. The first-order valence-corrected chi connectivity index (χ1v) is 17.8. The van der Waals surface area contributed by atoms with Gasteiger partial charge in [0.2, 0.25) is 11.8 Å². The van der Waals surface area contributed by atoms with Crippen LogP contribution in [0.15, 0.2) is 48.0 Å². The maximum atomic E-state index is 14.4. The summed E-state index contributed by atoms with van der Waals surface area (Å²) in [5, 5.41) is 15.7. The topological polar surface area (TPSA) is 146 Å². The number of carboxylic acids is 1. The molecule has 0 spiro atoms. The van der Waals surface area contributed by atoms with E-state index in [0.29, 0.717) is 18.5 Å². The lowest BCUT2D eigenvalue weighted by molar-refractivity contribution is -0.159. The van der Waals surface area contributed by atoms with Crippen LogP contribution in [0.3, 0.4) is 0 Å². The van der Waals surface area contributed by atoms with Gasteiger partial charge in [0.1, 0.15) is 22.2 Å². The molecule has 0 unspecified atom stereocenters. The van der Waals surface area contributed by atoms with Gasteiger partial charge in [0.05, 0.1) is 6.42 Å². The van der Waals surface area contributed by atoms with Crippen LogP contribution in [0.4, 0.5) is 0 Å². The predicted octanol–water partition coefficient (Wildman–Crippen LogP) is 4.54. The van der Waals surface area contributed by atoms with Crippen molar-refractivity contribution in [1.29, 1.82) is 0 Å². The van der Waals surface area contributed by atoms with E-state index in [2.05, 4.69) is 10.3 Å². The van der Waals surface area contributed by atoms with Crippen molar-refractivity contribution in [2.24, 2.45) is 23.7 Å². The van der Waals surface area contributed by atoms with Gasteiger partial charge >= 0.3 is 11.9 Å². The molecule has 12 heteroatoms. The smallest absolute Gasteiger partial charge is 0.330 e. The number of amides is 3. The third kappa shape index (κ3) is 7.04. The molecule has 1 aliphatic carbocycles. The molecule has 3 fully saturated rings. The second-order valence-corrected chi connectivity index (χ2v) is 15.5. The molecule has 4 heterocycles. The van der Waals surface area contributed by atoms with Crippen LogP contribution in [0.2, 0.25) is 0 Å². The van der Waals surface area contributed by atoms with Crippen molar-refractivity contribution in [2.75, 3.05) is 19.6 Å². The van der Waals surface area contributed by atoms with Crippen molar-refractivity contribution in [3.63, 3.8) is 0 Å². The summed E-state index contributed by atoms with van der Waals surface area (Å²) in [4.78, 5) is 75.5. The fourth-order valence-electron chi connectivity index (χ4n) is 7.59. The van der Waals surface area contributed by atoms with E-state index in [1.54, 1.807) is 42.8 Å². The molecule has 1 saturated carbocycles. The number of nitrogens with one attached hydrogen (secondary N) is 1. The minimum absolute atomic E-state index is 0.0998. The Morgan fingerprint density at radius 3 is 2.67 bits per heavy atom. The average molecular weight is 677 g/mol. The fourth-order valence-corrected chi connectivity index (χ4v) is 8.22. The number of thiazole rings is 1. The van der Waals surface area contributed by atoms with E-state index in [9.17, 15) is 29.1 Å². The number of aromatic nitrogens is 1. The summed E-state index contributed by atoms with van der Waals surface area (Å²) >= 11 is 1.49. The van der Waals surface area contributed by atoms with Crippen LogP contribution in [0.5, 0.6) is 0 Å². The van der Waals surface area contributed by atoms with Crippen LogP contribution in [-0.2, 0) is 23.9 Å². The van der Waals surface area contributed by atoms with Crippen LogP contribution < -0.4 is 5.32 Å². The Kier molecular flexibility index (Phi) is 9.48. The summed E-state index contributed by atoms with van der Waals surface area (Å²) in [6.45, 7) is 6.18. The molecule has 1 aromatic carbocycles. The molecule has 4 aliphatic rings. The lowest BCUT2D eigenvalue weighted by atomic mass is 9.92. The van der Waals surface area contributed by atoms with Gasteiger partial charge in [0.15, 0.2) is 0 Å². The Labute approximate surface area is 284 Å². The first-order chi connectivity index (χ1) is 22.9. The van der Waals surface area contributed by atoms with Gasteiger partial charge in [-0.1, -0.05) is 37.1 Å². The van der Waals surface area contributed by atoms with Gasteiger partial charge in [-0.25, -0.2) is 9.78 Å². The van der Waals surface area contributed by atoms with E-state index in [0.717, 1.165) is 36.3 Å². The molecule has 6 rings (SSSR count). The van der Waals surface area contributed by atoms with E-state index in [-0.39, 0.29) is 49.6 Å². The van der Waals surface area contributed by atoms with Crippen molar-refractivity contribution in [3.8, 4) is 10.6 Å². The van der Waals surface area contributed by atoms with E-state index in [1.807, 2.05) is 35.7 Å². The van der Waals surface area contributed by atoms with E-state index in [4.69, 9.17) is 4.74 Å². The minimum Gasteiger partial charge on any atom is -0.479 e. The van der Waals surface area contributed by atoms with Gasteiger partial charge in [-0.3, -0.25) is 19.2 Å². The second-order valence-electron chi connectivity index (χ2n) is 14.6. The molecule has 1 aromatic heterocycles. The number of fused-ring (bicyclic) bond motifs is 4. The summed E-state index contributed by atoms with van der Waals surface area (Å²) < 4.78 is 5.58. The highest BCUT2D eigenvalue weighted by Gasteiger charge is 2.62. The predicted molar refractivity (Wildman–Crippen MR) is 179 cm³/mol.